The van der Waals surface area contributed by atoms with Crippen LogP contribution >= 0.6 is 0 Å². The molecule has 6 heteroatoms. The highest BCUT2D eigenvalue weighted by Gasteiger charge is 2.08. The van der Waals surface area contributed by atoms with Crippen molar-refractivity contribution in [1.29, 1.82) is 0 Å². The van der Waals surface area contributed by atoms with Gasteiger partial charge >= 0.3 is 0 Å². The monoisotopic (exact) mass is 218 g/mol. The summed E-state index contributed by atoms with van der Waals surface area (Å²) in [5.74, 6) is 0.570. The van der Waals surface area contributed by atoms with Crippen molar-refractivity contribution in [3.05, 3.63) is 41.9 Å². The predicted octanol–water partition coefficient (Wildman–Crippen LogP) is 0.781. The van der Waals surface area contributed by atoms with Crippen LogP contribution in [0.15, 0.2) is 35.1 Å². The summed E-state index contributed by atoms with van der Waals surface area (Å²) in [6.07, 6.45) is 3.12. The third-order valence-corrected chi connectivity index (χ3v) is 1.99. The summed E-state index contributed by atoms with van der Waals surface area (Å²) in [6, 6.07) is 4.98. The molecule has 0 unspecified atom stereocenters. The van der Waals surface area contributed by atoms with E-state index < -0.39 is 5.91 Å². The van der Waals surface area contributed by atoms with Crippen LogP contribution in [0, 0.1) is 0 Å². The summed E-state index contributed by atoms with van der Waals surface area (Å²) in [5.41, 5.74) is 5.56. The maximum absolute atomic E-state index is 11.1. The predicted molar refractivity (Wildman–Crippen MR) is 56.6 cm³/mol. The Balaban J connectivity index is 2.12. The van der Waals surface area contributed by atoms with Gasteiger partial charge in [0, 0.05) is 12.3 Å². The minimum absolute atomic E-state index is 0.349. The second-order valence-corrected chi connectivity index (χ2v) is 3.10. The molecule has 0 fully saturated rings. The van der Waals surface area contributed by atoms with E-state index in [0.717, 1.165) is 0 Å². The van der Waals surface area contributed by atoms with Crippen molar-refractivity contribution in [3.8, 4) is 0 Å². The number of carbonyl (C=O) groups excluding carboxylic acids is 1. The number of nitrogens with two attached hydrogens (primary N) is 1. The van der Waals surface area contributed by atoms with Crippen molar-refractivity contribution < 1.29 is 9.32 Å². The van der Waals surface area contributed by atoms with Crippen LogP contribution in [-0.4, -0.2) is 16.0 Å². The topological polar surface area (TPSA) is 94.0 Å². The number of aromatic nitrogens is 2. The Bertz CT molecular complexity index is 481. The van der Waals surface area contributed by atoms with Gasteiger partial charge in [0.2, 0.25) is 0 Å². The molecule has 0 radical (unpaired) electrons. The lowest BCUT2D eigenvalue weighted by molar-refractivity contribution is 0.100. The number of hydrogen-bond donors (Lipinski definition) is 2. The first-order valence-corrected chi connectivity index (χ1v) is 4.65. The van der Waals surface area contributed by atoms with Gasteiger partial charge in [-0.15, -0.1) is 0 Å². The standard InChI is InChI=1S/C10H10N4O2/c11-9(15)8-2-1-4-12-10(8)13-6-7-3-5-14-16-7/h1-5H,6H2,(H2,11,15)(H,12,13). The van der Waals surface area contributed by atoms with E-state index in [1.807, 2.05) is 0 Å². The van der Waals surface area contributed by atoms with Gasteiger partial charge < -0.3 is 15.6 Å². The molecule has 0 aliphatic rings. The molecule has 2 heterocycles. The normalized spacial score (nSPS) is 10.0. The van der Waals surface area contributed by atoms with Gasteiger partial charge in [0.15, 0.2) is 5.76 Å². The van der Waals surface area contributed by atoms with Gasteiger partial charge in [0.25, 0.3) is 5.91 Å². The average Bonchev–Trinajstić information content (AvgIpc) is 2.79. The molecule has 82 valence electrons. The Hall–Kier alpha value is -2.37. The summed E-state index contributed by atoms with van der Waals surface area (Å²) in [7, 11) is 0. The number of rotatable bonds is 4. The van der Waals surface area contributed by atoms with E-state index in [2.05, 4.69) is 15.5 Å². The van der Waals surface area contributed by atoms with Crippen LogP contribution in [0.4, 0.5) is 5.82 Å². The molecule has 2 rings (SSSR count). The van der Waals surface area contributed by atoms with Crippen LogP contribution in [0.25, 0.3) is 0 Å². The minimum atomic E-state index is -0.520. The minimum Gasteiger partial charge on any atom is -0.365 e. The summed E-state index contributed by atoms with van der Waals surface area (Å²) in [6.45, 7) is 0.400. The van der Waals surface area contributed by atoms with Gasteiger partial charge in [0.05, 0.1) is 18.3 Å². The van der Waals surface area contributed by atoms with Gasteiger partial charge in [-0.25, -0.2) is 4.98 Å². The fourth-order valence-corrected chi connectivity index (χ4v) is 1.25. The number of nitrogens with zero attached hydrogens (tertiary/aromatic N) is 2. The van der Waals surface area contributed by atoms with Gasteiger partial charge in [0.1, 0.15) is 5.82 Å². The molecule has 6 nitrogen and oxygen atoms in total. The van der Waals surface area contributed by atoms with Crippen molar-refractivity contribution in [2.24, 2.45) is 5.73 Å². The van der Waals surface area contributed by atoms with Crippen LogP contribution in [0.5, 0.6) is 0 Å². The van der Waals surface area contributed by atoms with E-state index in [1.54, 1.807) is 30.6 Å². The number of hydrogen-bond acceptors (Lipinski definition) is 5. The molecule has 0 atom stereocenters. The third kappa shape index (κ3) is 2.17. The Morgan fingerprint density at radius 3 is 3.00 bits per heavy atom. The largest absolute Gasteiger partial charge is 0.365 e. The van der Waals surface area contributed by atoms with E-state index in [4.69, 9.17) is 10.3 Å². The lowest BCUT2D eigenvalue weighted by atomic mass is 10.2. The highest BCUT2D eigenvalue weighted by molar-refractivity contribution is 5.97. The van der Waals surface area contributed by atoms with Crippen LogP contribution in [0.1, 0.15) is 16.1 Å². The molecule has 0 saturated heterocycles. The fraction of sp³-hybridized carbons (Fsp3) is 0.100. The van der Waals surface area contributed by atoms with Gasteiger partial charge in [-0.2, -0.15) is 0 Å². The number of nitrogens with one attached hydrogen (secondary N) is 1. The molecule has 16 heavy (non-hydrogen) atoms. The number of pyridine rings is 1. The van der Waals surface area contributed by atoms with Crippen molar-refractivity contribution in [3.63, 3.8) is 0 Å². The zero-order valence-electron chi connectivity index (χ0n) is 8.38. The van der Waals surface area contributed by atoms with E-state index in [0.29, 0.717) is 23.7 Å². The van der Waals surface area contributed by atoms with E-state index in [-0.39, 0.29) is 0 Å². The summed E-state index contributed by atoms with van der Waals surface area (Å²) in [4.78, 5) is 15.1. The molecule has 0 spiro atoms. The highest BCUT2D eigenvalue weighted by Crippen LogP contribution is 2.11. The zero-order valence-corrected chi connectivity index (χ0v) is 8.38. The van der Waals surface area contributed by atoms with Gasteiger partial charge in [-0.1, -0.05) is 5.16 Å². The second kappa shape index (κ2) is 4.43. The van der Waals surface area contributed by atoms with Gasteiger partial charge in [-0.3, -0.25) is 4.79 Å². The maximum atomic E-state index is 11.1. The Kier molecular flexibility index (Phi) is 2.81. The quantitative estimate of drug-likeness (QED) is 0.790. The van der Waals surface area contributed by atoms with Gasteiger partial charge in [-0.05, 0) is 12.1 Å². The second-order valence-electron chi connectivity index (χ2n) is 3.10. The molecule has 2 aromatic heterocycles. The lowest BCUT2D eigenvalue weighted by Crippen LogP contribution is -2.15. The Morgan fingerprint density at radius 1 is 1.44 bits per heavy atom. The fourth-order valence-electron chi connectivity index (χ4n) is 1.25. The molecule has 1 amide bonds. The van der Waals surface area contributed by atoms with Crippen molar-refractivity contribution in [1.82, 2.24) is 10.1 Å². The molecule has 0 saturated carbocycles. The van der Waals surface area contributed by atoms with E-state index in [9.17, 15) is 4.79 Å². The molecule has 2 aromatic rings. The van der Waals surface area contributed by atoms with Crippen molar-refractivity contribution in [2.75, 3.05) is 5.32 Å². The summed E-state index contributed by atoms with van der Waals surface area (Å²) < 4.78 is 4.90. The van der Waals surface area contributed by atoms with E-state index >= 15 is 0 Å². The van der Waals surface area contributed by atoms with E-state index in [1.165, 1.54) is 0 Å². The van der Waals surface area contributed by atoms with Crippen LogP contribution in [-0.2, 0) is 6.54 Å². The third-order valence-electron chi connectivity index (χ3n) is 1.99. The lowest BCUT2D eigenvalue weighted by Gasteiger charge is -2.06. The number of carbonyl (C=O) groups is 1. The smallest absolute Gasteiger partial charge is 0.252 e. The highest BCUT2D eigenvalue weighted by atomic mass is 16.5. The van der Waals surface area contributed by atoms with Crippen molar-refractivity contribution in [2.45, 2.75) is 6.54 Å². The first kappa shape index (κ1) is 10.2. The molecule has 3 N–H and O–H groups in total. The first-order chi connectivity index (χ1) is 7.77. The Labute approximate surface area is 91.5 Å². The average molecular weight is 218 g/mol. The number of amides is 1. The van der Waals surface area contributed by atoms with Crippen LogP contribution in [0.2, 0.25) is 0 Å². The summed E-state index contributed by atoms with van der Waals surface area (Å²) in [5, 5.41) is 6.52. The molecule has 0 aliphatic heterocycles. The number of primary amides is 1. The molecular weight excluding hydrogens is 208 g/mol. The Morgan fingerprint density at radius 2 is 2.31 bits per heavy atom. The maximum Gasteiger partial charge on any atom is 0.252 e. The van der Waals surface area contributed by atoms with Crippen LogP contribution < -0.4 is 11.1 Å². The SMILES string of the molecule is NC(=O)c1cccnc1NCc1ccno1. The molecule has 0 aliphatic carbocycles. The summed E-state index contributed by atoms with van der Waals surface area (Å²) >= 11 is 0. The first-order valence-electron chi connectivity index (χ1n) is 4.65. The molecule has 0 bridgehead atoms. The number of anilines is 1. The molecule has 0 aromatic carbocycles. The molecular formula is C10H10N4O2. The zero-order chi connectivity index (χ0) is 11.4. The van der Waals surface area contributed by atoms with Crippen LogP contribution in [0.3, 0.4) is 0 Å². The van der Waals surface area contributed by atoms with Crippen molar-refractivity contribution >= 4 is 11.7 Å².